The van der Waals surface area contributed by atoms with E-state index in [0.717, 1.165) is 51.9 Å². The molecule has 1 rings (SSSR count). The number of carboxylic acid groups (broad SMARTS) is 1. The molecule has 0 saturated carbocycles. The molecule has 1 amide bonds. The van der Waals surface area contributed by atoms with Crippen LogP contribution in [0.3, 0.4) is 0 Å². The van der Waals surface area contributed by atoms with Crippen molar-refractivity contribution in [3.8, 4) is 0 Å². The smallest absolute Gasteiger partial charge is 0.303 e. The van der Waals surface area contributed by atoms with E-state index >= 15 is 0 Å². The number of nitrogens with one attached hydrogen (secondary N) is 1. The third-order valence-electron chi connectivity index (χ3n) is 8.23. The average molecular weight is 612 g/mol. The van der Waals surface area contributed by atoms with Gasteiger partial charge in [0.15, 0.2) is 5.78 Å². The summed E-state index contributed by atoms with van der Waals surface area (Å²) in [6.07, 6.45) is 21.9. The molecular weight excluding hydrogens is 546 g/mol. The van der Waals surface area contributed by atoms with Gasteiger partial charge >= 0.3 is 5.97 Å². The number of unbranched alkanes of at least 4 members (excludes halogenated alkanes) is 16. The molecule has 9 heteroatoms. The number of aliphatic carboxylic acids is 1. The standard InChI is InChI=1S/C34H65N3O6/c1-2-42-28-29-43-27-22-35-30-32(38)31-36-23-25-37(26-24-36)33(39)20-18-16-14-12-10-8-6-4-3-5-7-9-11-13-15-17-19-21-34(40)41/h35H,2-31H2,1H3,(H,40,41). The number of carboxylic acids is 1. The lowest BCUT2D eigenvalue weighted by atomic mass is 10.0. The van der Waals surface area contributed by atoms with Crippen molar-refractivity contribution in [3.05, 3.63) is 0 Å². The summed E-state index contributed by atoms with van der Waals surface area (Å²) in [6, 6.07) is 0. The molecule has 1 fully saturated rings. The van der Waals surface area contributed by atoms with E-state index in [1.54, 1.807) is 0 Å². The molecule has 1 heterocycles. The first kappa shape index (κ1) is 39.5. The van der Waals surface area contributed by atoms with Crippen molar-refractivity contribution < 1.29 is 29.0 Å². The molecule has 0 atom stereocenters. The first-order chi connectivity index (χ1) is 21.0. The van der Waals surface area contributed by atoms with Gasteiger partial charge in [-0.1, -0.05) is 96.3 Å². The largest absolute Gasteiger partial charge is 0.481 e. The summed E-state index contributed by atoms with van der Waals surface area (Å²) in [5.41, 5.74) is 0. The van der Waals surface area contributed by atoms with Gasteiger partial charge in [-0.25, -0.2) is 0 Å². The molecule has 0 radical (unpaired) electrons. The van der Waals surface area contributed by atoms with Gasteiger partial charge in [-0.2, -0.15) is 0 Å². The lowest BCUT2D eigenvalue weighted by molar-refractivity contribution is -0.137. The fraction of sp³-hybridized carbons (Fsp3) is 0.912. The highest BCUT2D eigenvalue weighted by Gasteiger charge is 2.21. The number of ketones is 1. The number of hydrogen-bond acceptors (Lipinski definition) is 7. The summed E-state index contributed by atoms with van der Waals surface area (Å²) in [5, 5.41) is 11.8. The van der Waals surface area contributed by atoms with E-state index in [2.05, 4.69) is 10.2 Å². The highest BCUT2D eigenvalue weighted by atomic mass is 16.5. The van der Waals surface area contributed by atoms with Crippen LogP contribution in [0.1, 0.15) is 129 Å². The van der Waals surface area contributed by atoms with Crippen molar-refractivity contribution in [1.29, 1.82) is 0 Å². The predicted octanol–water partition coefficient (Wildman–Crippen LogP) is 5.84. The number of amides is 1. The maximum atomic E-state index is 12.6. The van der Waals surface area contributed by atoms with Gasteiger partial charge in [0, 0.05) is 52.2 Å². The molecule has 1 aliphatic rings. The van der Waals surface area contributed by atoms with Gasteiger partial charge in [0.1, 0.15) is 0 Å². The molecule has 0 bridgehead atoms. The Hall–Kier alpha value is -1.55. The minimum atomic E-state index is -0.672. The van der Waals surface area contributed by atoms with Crippen LogP contribution in [-0.2, 0) is 23.9 Å². The third-order valence-corrected chi connectivity index (χ3v) is 8.23. The number of ether oxygens (including phenoxy) is 2. The average Bonchev–Trinajstić information content (AvgIpc) is 2.99. The van der Waals surface area contributed by atoms with Gasteiger partial charge < -0.3 is 24.8 Å². The zero-order chi connectivity index (χ0) is 31.2. The number of Topliss-reactive ketones (excluding diaryl/α,β-unsaturated/α-hetero) is 1. The van der Waals surface area contributed by atoms with Gasteiger partial charge in [-0.3, -0.25) is 19.3 Å². The first-order valence-corrected chi connectivity index (χ1v) is 17.6. The van der Waals surface area contributed by atoms with Gasteiger partial charge in [0.05, 0.1) is 32.9 Å². The summed E-state index contributed by atoms with van der Waals surface area (Å²) in [5.74, 6) is -0.220. The Morgan fingerprint density at radius 1 is 0.628 bits per heavy atom. The van der Waals surface area contributed by atoms with Crippen LogP contribution in [0.5, 0.6) is 0 Å². The fourth-order valence-corrected chi connectivity index (χ4v) is 5.56. The van der Waals surface area contributed by atoms with Crippen molar-refractivity contribution in [2.75, 3.05) is 72.2 Å². The molecule has 252 valence electrons. The highest BCUT2D eigenvalue weighted by Crippen LogP contribution is 2.15. The highest BCUT2D eigenvalue weighted by molar-refractivity contribution is 5.82. The lowest BCUT2D eigenvalue weighted by Gasteiger charge is -2.34. The second-order valence-corrected chi connectivity index (χ2v) is 12.1. The number of piperazine rings is 1. The van der Waals surface area contributed by atoms with E-state index in [1.165, 1.54) is 83.5 Å². The molecule has 2 N–H and O–H groups in total. The Morgan fingerprint density at radius 3 is 1.58 bits per heavy atom. The van der Waals surface area contributed by atoms with Crippen molar-refractivity contribution >= 4 is 17.7 Å². The maximum Gasteiger partial charge on any atom is 0.303 e. The van der Waals surface area contributed by atoms with E-state index in [0.29, 0.717) is 58.9 Å². The number of carbonyl (C=O) groups excluding carboxylic acids is 2. The first-order valence-electron chi connectivity index (χ1n) is 17.6. The molecule has 0 aliphatic carbocycles. The molecule has 43 heavy (non-hydrogen) atoms. The predicted molar refractivity (Wildman–Crippen MR) is 174 cm³/mol. The fourth-order valence-electron chi connectivity index (χ4n) is 5.56. The molecule has 0 aromatic rings. The summed E-state index contributed by atoms with van der Waals surface area (Å²) >= 11 is 0. The Morgan fingerprint density at radius 2 is 1.09 bits per heavy atom. The number of carbonyl (C=O) groups is 3. The zero-order valence-corrected chi connectivity index (χ0v) is 27.6. The van der Waals surface area contributed by atoms with Gasteiger partial charge in [0.25, 0.3) is 0 Å². The van der Waals surface area contributed by atoms with Gasteiger partial charge in [-0.15, -0.1) is 0 Å². The molecule has 0 aromatic carbocycles. The molecule has 1 aliphatic heterocycles. The van der Waals surface area contributed by atoms with Crippen molar-refractivity contribution in [2.24, 2.45) is 0 Å². The topological polar surface area (TPSA) is 108 Å². The van der Waals surface area contributed by atoms with Crippen molar-refractivity contribution in [3.63, 3.8) is 0 Å². The van der Waals surface area contributed by atoms with Gasteiger partial charge in [-0.05, 0) is 19.8 Å². The molecule has 9 nitrogen and oxygen atoms in total. The lowest BCUT2D eigenvalue weighted by Crippen LogP contribution is -2.50. The second-order valence-electron chi connectivity index (χ2n) is 12.1. The number of rotatable bonds is 31. The Bertz CT molecular complexity index is 685. The minimum absolute atomic E-state index is 0.181. The Labute approximate surface area is 262 Å². The minimum Gasteiger partial charge on any atom is -0.481 e. The number of nitrogens with zero attached hydrogens (tertiary/aromatic N) is 2. The van der Waals surface area contributed by atoms with E-state index in [-0.39, 0.29) is 11.7 Å². The summed E-state index contributed by atoms with van der Waals surface area (Å²) in [7, 11) is 0. The van der Waals surface area contributed by atoms with E-state index in [4.69, 9.17) is 14.6 Å². The second kappa shape index (κ2) is 29.2. The quantitative estimate of drug-likeness (QED) is 0.0942. The summed E-state index contributed by atoms with van der Waals surface area (Å²) in [4.78, 5) is 39.5. The summed E-state index contributed by atoms with van der Waals surface area (Å²) in [6.45, 7) is 8.88. The molecule has 0 aromatic heterocycles. The molecular formula is C34H65N3O6. The van der Waals surface area contributed by atoms with E-state index in [9.17, 15) is 14.4 Å². The Balaban J connectivity index is 1.84. The van der Waals surface area contributed by atoms with Crippen molar-refractivity contribution in [2.45, 2.75) is 129 Å². The number of hydrogen-bond donors (Lipinski definition) is 2. The normalized spacial score (nSPS) is 13.9. The zero-order valence-electron chi connectivity index (χ0n) is 27.6. The van der Waals surface area contributed by atoms with E-state index in [1.807, 2.05) is 11.8 Å². The SMILES string of the molecule is CCOCCOCCNCC(=O)CN1CCN(C(=O)CCCCCCCCCCCCCCCCCCCC(=O)O)CC1. The van der Waals surface area contributed by atoms with Gasteiger partial charge in [0.2, 0.25) is 5.91 Å². The third kappa shape index (κ3) is 25.5. The summed E-state index contributed by atoms with van der Waals surface area (Å²) < 4.78 is 10.7. The van der Waals surface area contributed by atoms with Crippen LogP contribution < -0.4 is 5.32 Å². The van der Waals surface area contributed by atoms with Crippen LogP contribution >= 0.6 is 0 Å². The molecule has 0 spiro atoms. The monoisotopic (exact) mass is 611 g/mol. The molecule has 1 saturated heterocycles. The van der Waals surface area contributed by atoms with Crippen molar-refractivity contribution in [1.82, 2.24) is 15.1 Å². The molecule has 0 unspecified atom stereocenters. The maximum absolute atomic E-state index is 12.6. The van der Waals surface area contributed by atoms with Crippen LogP contribution in [-0.4, -0.2) is 105 Å². The van der Waals surface area contributed by atoms with Crippen LogP contribution in [0.2, 0.25) is 0 Å². The van der Waals surface area contributed by atoms with Crippen LogP contribution in [0.25, 0.3) is 0 Å². The van der Waals surface area contributed by atoms with E-state index < -0.39 is 5.97 Å². The van der Waals surface area contributed by atoms with Crippen LogP contribution in [0.15, 0.2) is 0 Å². The van der Waals surface area contributed by atoms with Crippen LogP contribution in [0.4, 0.5) is 0 Å². The Kier molecular flexibility index (Phi) is 26.8. The van der Waals surface area contributed by atoms with Crippen LogP contribution in [0, 0.1) is 0 Å².